The first-order chi connectivity index (χ1) is 8.15. The van der Waals surface area contributed by atoms with Gasteiger partial charge in [-0.25, -0.2) is 9.48 Å². The number of methoxy groups -OCH3 is 1. The van der Waals surface area contributed by atoms with Gasteiger partial charge in [-0.05, 0) is 24.6 Å². The lowest BCUT2D eigenvalue weighted by Gasteiger charge is -2.12. The topological polar surface area (TPSA) is 70.1 Å². The molecule has 2 aromatic rings. The molecule has 5 heteroatoms. The van der Waals surface area contributed by atoms with Crippen LogP contribution in [0, 0.1) is 6.92 Å². The number of nitrogens with zero attached hydrogens (tertiary/aromatic N) is 2. The molecule has 2 N–H and O–H groups in total. The van der Waals surface area contributed by atoms with Gasteiger partial charge in [0.2, 0.25) is 0 Å². The lowest BCUT2D eigenvalue weighted by atomic mass is 10.1. The number of esters is 1. The van der Waals surface area contributed by atoms with E-state index in [1.807, 2.05) is 13.0 Å². The van der Waals surface area contributed by atoms with Crippen LogP contribution in [0.5, 0.6) is 0 Å². The molecule has 0 aliphatic carbocycles. The Bertz CT molecular complexity index is 547. The predicted octanol–water partition coefficient (Wildman–Crippen LogP) is 1.55. The Morgan fingerprint density at radius 2 is 2.24 bits per heavy atom. The van der Waals surface area contributed by atoms with E-state index in [4.69, 9.17) is 10.5 Å². The zero-order chi connectivity index (χ0) is 12.4. The third-order valence-electron chi connectivity index (χ3n) is 2.58. The molecule has 17 heavy (non-hydrogen) atoms. The Morgan fingerprint density at radius 3 is 2.82 bits per heavy atom. The van der Waals surface area contributed by atoms with Crippen molar-refractivity contribution in [3.63, 3.8) is 0 Å². The van der Waals surface area contributed by atoms with Crippen molar-refractivity contribution in [2.24, 2.45) is 0 Å². The monoisotopic (exact) mass is 231 g/mol. The number of hydrogen-bond donors (Lipinski definition) is 1. The molecular formula is C12H13N3O2. The van der Waals surface area contributed by atoms with Crippen LogP contribution in [-0.4, -0.2) is 22.9 Å². The van der Waals surface area contributed by atoms with Crippen LogP contribution in [0.15, 0.2) is 30.6 Å². The minimum absolute atomic E-state index is 0.344. The van der Waals surface area contributed by atoms with E-state index < -0.39 is 5.97 Å². The Hall–Kier alpha value is -2.30. The van der Waals surface area contributed by atoms with Crippen LogP contribution >= 0.6 is 0 Å². The maximum absolute atomic E-state index is 11.8. The average Bonchev–Trinajstić information content (AvgIpc) is 2.85. The molecule has 0 aliphatic heterocycles. The SMILES string of the molecule is COC(=O)c1c(-n2cccn2)ccc(C)c1N. The van der Waals surface area contributed by atoms with Crippen LogP contribution in [0.2, 0.25) is 0 Å². The summed E-state index contributed by atoms with van der Waals surface area (Å²) in [6.45, 7) is 1.84. The quantitative estimate of drug-likeness (QED) is 0.628. The van der Waals surface area contributed by atoms with Crippen molar-refractivity contribution in [2.45, 2.75) is 6.92 Å². The zero-order valence-corrected chi connectivity index (χ0v) is 9.68. The second-order valence-electron chi connectivity index (χ2n) is 3.63. The van der Waals surface area contributed by atoms with E-state index >= 15 is 0 Å². The molecule has 88 valence electrons. The number of carbonyl (C=O) groups excluding carboxylic acids is 1. The normalized spacial score (nSPS) is 10.2. The minimum Gasteiger partial charge on any atom is -0.465 e. The summed E-state index contributed by atoms with van der Waals surface area (Å²) >= 11 is 0. The molecule has 0 amide bonds. The number of nitrogens with two attached hydrogens (primary N) is 1. The van der Waals surface area contributed by atoms with E-state index in [2.05, 4.69) is 5.10 Å². The second kappa shape index (κ2) is 4.29. The number of ether oxygens (including phenoxy) is 1. The molecule has 2 rings (SSSR count). The molecule has 1 aromatic carbocycles. The number of rotatable bonds is 2. The Morgan fingerprint density at radius 1 is 1.47 bits per heavy atom. The largest absolute Gasteiger partial charge is 0.465 e. The Labute approximate surface area is 98.8 Å². The molecule has 0 atom stereocenters. The van der Waals surface area contributed by atoms with Crippen LogP contribution in [0.3, 0.4) is 0 Å². The fraction of sp³-hybridized carbons (Fsp3) is 0.167. The van der Waals surface area contributed by atoms with E-state index in [-0.39, 0.29) is 0 Å². The molecule has 0 saturated carbocycles. The number of carbonyl (C=O) groups is 1. The Balaban J connectivity index is 2.68. The van der Waals surface area contributed by atoms with Crippen molar-refractivity contribution >= 4 is 11.7 Å². The van der Waals surface area contributed by atoms with Gasteiger partial charge in [-0.15, -0.1) is 0 Å². The van der Waals surface area contributed by atoms with Gasteiger partial charge in [0.1, 0.15) is 5.56 Å². The van der Waals surface area contributed by atoms with Crippen molar-refractivity contribution in [1.29, 1.82) is 0 Å². The molecule has 0 bridgehead atoms. The van der Waals surface area contributed by atoms with Gasteiger partial charge >= 0.3 is 5.97 Å². The number of aryl methyl sites for hydroxylation is 1. The van der Waals surface area contributed by atoms with Gasteiger partial charge in [0.15, 0.2) is 0 Å². The van der Waals surface area contributed by atoms with Gasteiger partial charge in [-0.1, -0.05) is 6.07 Å². The average molecular weight is 231 g/mol. The van der Waals surface area contributed by atoms with E-state index in [1.165, 1.54) is 7.11 Å². The lowest BCUT2D eigenvalue weighted by Crippen LogP contribution is -2.12. The highest BCUT2D eigenvalue weighted by Crippen LogP contribution is 2.24. The molecule has 1 heterocycles. The third-order valence-corrected chi connectivity index (χ3v) is 2.58. The molecule has 0 aliphatic rings. The van der Waals surface area contributed by atoms with Crippen molar-refractivity contribution in [1.82, 2.24) is 9.78 Å². The highest BCUT2D eigenvalue weighted by Gasteiger charge is 2.18. The summed E-state index contributed by atoms with van der Waals surface area (Å²) in [5.74, 6) is -0.461. The molecule has 1 aromatic heterocycles. The van der Waals surface area contributed by atoms with Crippen molar-refractivity contribution in [3.05, 3.63) is 41.7 Å². The molecule has 0 spiro atoms. The maximum Gasteiger partial charge on any atom is 0.342 e. The first-order valence-corrected chi connectivity index (χ1v) is 5.12. The highest BCUT2D eigenvalue weighted by atomic mass is 16.5. The standard InChI is InChI=1S/C12H13N3O2/c1-8-4-5-9(15-7-3-6-14-15)10(11(8)13)12(16)17-2/h3-7H,13H2,1-2H3. The molecule has 5 nitrogen and oxygen atoms in total. The molecule has 0 unspecified atom stereocenters. The van der Waals surface area contributed by atoms with E-state index in [0.717, 1.165) is 5.56 Å². The molecule has 0 radical (unpaired) electrons. The van der Waals surface area contributed by atoms with Crippen LogP contribution in [0.25, 0.3) is 5.69 Å². The van der Waals surface area contributed by atoms with E-state index in [0.29, 0.717) is 16.9 Å². The third kappa shape index (κ3) is 1.87. The lowest BCUT2D eigenvalue weighted by molar-refractivity contribution is 0.0601. The minimum atomic E-state index is -0.461. The zero-order valence-electron chi connectivity index (χ0n) is 9.68. The fourth-order valence-electron chi connectivity index (χ4n) is 1.63. The molecule has 0 fully saturated rings. The summed E-state index contributed by atoms with van der Waals surface area (Å²) in [7, 11) is 1.33. The van der Waals surface area contributed by atoms with E-state index in [9.17, 15) is 4.79 Å². The fourth-order valence-corrected chi connectivity index (χ4v) is 1.63. The summed E-state index contributed by atoms with van der Waals surface area (Å²) in [4.78, 5) is 11.8. The summed E-state index contributed by atoms with van der Waals surface area (Å²) in [5, 5.41) is 4.09. The number of anilines is 1. The van der Waals surface area contributed by atoms with Crippen LogP contribution in [0.1, 0.15) is 15.9 Å². The summed E-state index contributed by atoms with van der Waals surface area (Å²) in [6, 6.07) is 5.42. The predicted molar refractivity (Wildman–Crippen MR) is 64.1 cm³/mol. The van der Waals surface area contributed by atoms with Crippen molar-refractivity contribution in [3.8, 4) is 5.69 Å². The second-order valence-corrected chi connectivity index (χ2v) is 3.63. The van der Waals surface area contributed by atoms with Crippen molar-refractivity contribution < 1.29 is 9.53 Å². The number of benzene rings is 1. The summed E-state index contributed by atoms with van der Waals surface area (Å²) < 4.78 is 6.34. The van der Waals surface area contributed by atoms with Gasteiger partial charge in [0, 0.05) is 12.4 Å². The summed E-state index contributed by atoms with van der Waals surface area (Å²) in [6.07, 6.45) is 3.38. The van der Waals surface area contributed by atoms with E-state index in [1.54, 1.807) is 29.2 Å². The first kappa shape index (κ1) is 11.2. The maximum atomic E-state index is 11.8. The van der Waals surface area contributed by atoms with Gasteiger partial charge in [0.05, 0.1) is 18.5 Å². The van der Waals surface area contributed by atoms with Crippen LogP contribution < -0.4 is 5.73 Å². The first-order valence-electron chi connectivity index (χ1n) is 5.12. The number of hydrogen-bond acceptors (Lipinski definition) is 4. The van der Waals surface area contributed by atoms with Gasteiger partial charge in [-0.3, -0.25) is 0 Å². The van der Waals surface area contributed by atoms with Crippen molar-refractivity contribution in [2.75, 3.05) is 12.8 Å². The van der Waals surface area contributed by atoms with Gasteiger partial charge < -0.3 is 10.5 Å². The highest BCUT2D eigenvalue weighted by molar-refractivity contribution is 5.99. The molecule has 0 saturated heterocycles. The smallest absolute Gasteiger partial charge is 0.342 e. The number of nitrogen functional groups attached to an aromatic ring is 1. The van der Waals surface area contributed by atoms with Crippen LogP contribution in [-0.2, 0) is 4.74 Å². The Kier molecular flexibility index (Phi) is 2.82. The van der Waals surface area contributed by atoms with Gasteiger partial charge in [-0.2, -0.15) is 5.10 Å². The van der Waals surface area contributed by atoms with Gasteiger partial charge in [0.25, 0.3) is 0 Å². The number of aromatic nitrogens is 2. The van der Waals surface area contributed by atoms with Crippen LogP contribution in [0.4, 0.5) is 5.69 Å². The molecular weight excluding hydrogens is 218 g/mol. The summed E-state index contributed by atoms with van der Waals surface area (Å²) in [5.41, 5.74) is 8.14.